The summed E-state index contributed by atoms with van der Waals surface area (Å²) in [4.78, 5) is 10.4. The van der Waals surface area contributed by atoms with Crippen LogP contribution in [0.1, 0.15) is 77.6 Å². The molecule has 1 fully saturated rings. The van der Waals surface area contributed by atoms with E-state index < -0.39 is 24.3 Å². The highest BCUT2D eigenvalue weighted by molar-refractivity contribution is 5.66. The molecule has 1 saturated carbocycles. The van der Waals surface area contributed by atoms with Gasteiger partial charge in [-0.1, -0.05) is 56.9 Å². The third-order valence-electron chi connectivity index (χ3n) is 5.42. The molecule has 156 valence electrons. The van der Waals surface area contributed by atoms with E-state index in [0.29, 0.717) is 19.3 Å². The molecule has 0 saturated heterocycles. The first-order chi connectivity index (χ1) is 13.0. The van der Waals surface area contributed by atoms with Gasteiger partial charge in [0, 0.05) is 18.8 Å². The Bertz CT molecular complexity index is 460. The summed E-state index contributed by atoms with van der Waals surface area (Å²) in [5.41, 5.74) is 0. The molecule has 0 aromatic carbocycles. The Hall–Kier alpha value is -1.17. The van der Waals surface area contributed by atoms with Gasteiger partial charge in [-0.2, -0.15) is 0 Å². The number of hydrogen-bond donors (Lipinski definition) is 4. The van der Waals surface area contributed by atoms with Gasteiger partial charge in [-0.05, 0) is 38.0 Å². The van der Waals surface area contributed by atoms with Gasteiger partial charge in [0.1, 0.15) is 0 Å². The predicted molar refractivity (Wildman–Crippen MR) is 107 cm³/mol. The summed E-state index contributed by atoms with van der Waals surface area (Å²) in [7, 11) is 0. The summed E-state index contributed by atoms with van der Waals surface area (Å²) in [6.45, 7) is 2.15. The van der Waals surface area contributed by atoms with Crippen molar-refractivity contribution in [3.8, 4) is 0 Å². The zero-order chi connectivity index (χ0) is 20.1. The molecule has 0 unspecified atom stereocenters. The Balaban J connectivity index is 2.30. The minimum atomic E-state index is -0.743. The van der Waals surface area contributed by atoms with Gasteiger partial charge in [0.05, 0.1) is 18.3 Å². The van der Waals surface area contributed by atoms with Crippen LogP contribution >= 0.6 is 0 Å². The van der Waals surface area contributed by atoms with Crippen LogP contribution in [0.2, 0.25) is 0 Å². The van der Waals surface area contributed by atoms with Crippen LogP contribution in [0.4, 0.5) is 0 Å². The molecule has 1 rings (SSSR count). The standard InChI is InChI=1S/C22H38O5/c1-2-3-8-12-18-19(21(25)16-20(18)24)15-14-17(23)11-9-6-4-5-7-10-13-22(26)27/h6,9,14-15,17-21,23-25H,2-5,7-8,10-13,16H2,1H3,(H,26,27)/b9-6-,15-14+/t17-,18+,19-,20-,21+/m0/s1. The molecule has 5 atom stereocenters. The van der Waals surface area contributed by atoms with Crippen molar-refractivity contribution in [2.75, 3.05) is 0 Å². The molecule has 1 aliphatic carbocycles. The van der Waals surface area contributed by atoms with Gasteiger partial charge in [-0.25, -0.2) is 0 Å². The van der Waals surface area contributed by atoms with Crippen LogP contribution in [0.3, 0.4) is 0 Å². The van der Waals surface area contributed by atoms with Crippen LogP contribution in [-0.2, 0) is 4.79 Å². The Kier molecular flexibility index (Phi) is 12.3. The van der Waals surface area contributed by atoms with Gasteiger partial charge in [0.25, 0.3) is 0 Å². The minimum absolute atomic E-state index is 0.0790. The number of aliphatic carboxylic acids is 1. The molecule has 5 heteroatoms. The average molecular weight is 383 g/mol. The first kappa shape index (κ1) is 23.9. The van der Waals surface area contributed by atoms with Gasteiger partial charge in [0.2, 0.25) is 0 Å². The average Bonchev–Trinajstić information content (AvgIpc) is 2.88. The number of carboxylic acids is 1. The SMILES string of the molecule is CCCCC[C@@H]1[C@H](/C=C/[C@@H](O)C/C=C\CCCCCC(=O)O)[C@H](O)C[C@@H]1O. The van der Waals surface area contributed by atoms with Crippen molar-refractivity contribution in [2.45, 2.75) is 95.9 Å². The summed E-state index contributed by atoms with van der Waals surface area (Å²) in [6, 6.07) is 0. The van der Waals surface area contributed by atoms with Crippen molar-refractivity contribution in [3.63, 3.8) is 0 Å². The molecule has 27 heavy (non-hydrogen) atoms. The van der Waals surface area contributed by atoms with E-state index in [1.54, 1.807) is 6.08 Å². The second kappa shape index (κ2) is 13.9. The summed E-state index contributed by atoms with van der Waals surface area (Å²) in [6.07, 6.45) is 14.9. The molecule has 0 aliphatic heterocycles. The van der Waals surface area contributed by atoms with Gasteiger partial charge in [0.15, 0.2) is 0 Å². The Morgan fingerprint density at radius 2 is 1.85 bits per heavy atom. The maximum atomic E-state index is 10.4. The monoisotopic (exact) mass is 382 g/mol. The molecule has 0 aromatic heterocycles. The van der Waals surface area contributed by atoms with Crippen LogP contribution in [0.25, 0.3) is 0 Å². The van der Waals surface area contributed by atoms with Crippen molar-refractivity contribution in [3.05, 3.63) is 24.3 Å². The molecular weight excluding hydrogens is 344 g/mol. The maximum Gasteiger partial charge on any atom is 0.303 e. The summed E-state index contributed by atoms with van der Waals surface area (Å²) in [5.74, 6) is -0.742. The summed E-state index contributed by atoms with van der Waals surface area (Å²) >= 11 is 0. The van der Waals surface area contributed by atoms with E-state index in [1.165, 1.54) is 0 Å². The summed E-state index contributed by atoms with van der Waals surface area (Å²) in [5, 5.41) is 39.1. The maximum absolute atomic E-state index is 10.4. The largest absolute Gasteiger partial charge is 0.481 e. The highest BCUT2D eigenvalue weighted by Crippen LogP contribution is 2.37. The molecule has 5 nitrogen and oxygen atoms in total. The highest BCUT2D eigenvalue weighted by atomic mass is 16.4. The molecule has 1 aliphatic rings. The molecule has 0 bridgehead atoms. The molecule has 0 radical (unpaired) electrons. The lowest BCUT2D eigenvalue weighted by Crippen LogP contribution is -2.21. The van der Waals surface area contributed by atoms with E-state index in [4.69, 9.17) is 5.11 Å². The fraction of sp³-hybridized carbons (Fsp3) is 0.773. The third-order valence-corrected chi connectivity index (χ3v) is 5.42. The Morgan fingerprint density at radius 3 is 2.56 bits per heavy atom. The van der Waals surface area contributed by atoms with Crippen molar-refractivity contribution < 1.29 is 25.2 Å². The van der Waals surface area contributed by atoms with Crippen molar-refractivity contribution >= 4 is 5.97 Å². The molecule has 0 spiro atoms. The number of allylic oxidation sites excluding steroid dienone is 1. The van der Waals surface area contributed by atoms with Crippen molar-refractivity contribution in [1.82, 2.24) is 0 Å². The smallest absolute Gasteiger partial charge is 0.303 e. The first-order valence-electron chi connectivity index (χ1n) is 10.5. The lowest BCUT2D eigenvalue weighted by molar-refractivity contribution is -0.137. The fourth-order valence-electron chi connectivity index (χ4n) is 3.81. The van der Waals surface area contributed by atoms with Gasteiger partial charge in [-0.15, -0.1) is 0 Å². The number of carbonyl (C=O) groups is 1. The lowest BCUT2D eigenvalue weighted by Gasteiger charge is -2.21. The van der Waals surface area contributed by atoms with E-state index in [0.717, 1.165) is 44.9 Å². The van der Waals surface area contributed by atoms with Crippen molar-refractivity contribution in [1.29, 1.82) is 0 Å². The van der Waals surface area contributed by atoms with Crippen LogP contribution in [0.5, 0.6) is 0 Å². The first-order valence-corrected chi connectivity index (χ1v) is 10.5. The zero-order valence-corrected chi connectivity index (χ0v) is 16.7. The third kappa shape index (κ3) is 10.1. The van der Waals surface area contributed by atoms with E-state index in [9.17, 15) is 20.1 Å². The topological polar surface area (TPSA) is 98.0 Å². The highest BCUT2D eigenvalue weighted by Gasteiger charge is 2.39. The van der Waals surface area contributed by atoms with E-state index in [2.05, 4.69) is 6.92 Å². The molecular formula is C22H38O5. The molecule has 0 aromatic rings. The fourth-order valence-corrected chi connectivity index (χ4v) is 3.81. The number of unbranched alkanes of at least 4 members (excludes halogenated alkanes) is 5. The van der Waals surface area contributed by atoms with Crippen LogP contribution in [-0.4, -0.2) is 44.7 Å². The van der Waals surface area contributed by atoms with E-state index >= 15 is 0 Å². The number of rotatable bonds is 14. The van der Waals surface area contributed by atoms with Crippen LogP contribution in [0, 0.1) is 11.8 Å². The minimum Gasteiger partial charge on any atom is -0.481 e. The second-order valence-electron chi connectivity index (χ2n) is 7.76. The second-order valence-corrected chi connectivity index (χ2v) is 7.76. The number of aliphatic hydroxyl groups is 3. The van der Waals surface area contributed by atoms with Gasteiger partial charge in [-0.3, -0.25) is 4.79 Å². The number of hydrogen-bond acceptors (Lipinski definition) is 4. The van der Waals surface area contributed by atoms with Crippen molar-refractivity contribution in [2.24, 2.45) is 11.8 Å². The molecule has 4 N–H and O–H groups in total. The van der Waals surface area contributed by atoms with E-state index in [1.807, 2.05) is 18.2 Å². The number of aliphatic hydroxyl groups excluding tert-OH is 3. The van der Waals surface area contributed by atoms with E-state index in [-0.39, 0.29) is 18.3 Å². The zero-order valence-electron chi connectivity index (χ0n) is 16.7. The normalized spacial score (nSPS) is 27.0. The van der Waals surface area contributed by atoms with Gasteiger partial charge < -0.3 is 20.4 Å². The lowest BCUT2D eigenvalue weighted by atomic mass is 9.88. The van der Waals surface area contributed by atoms with Crippen LogP contribution < -0.4 is 0 Å². The Labute approximate surface area is 163 Å². The Morgan fingerprint density at radius 1 is 1.07 bits per heavy atom. The molecule has 0 amide bonds. The number of carboxylic acid groups (broad SMARTS) is 1. The quantitative estimate of drug-likeness (QED) is 0.270. The van der Waals surface area contributed by atoms with Crippen LogP contribution in [0.15, 0.2) is 24.3 Å². The summed E-state index contributed by atoms with van der Waals surface area (Å²) < 4.78 is 0. The molecule has 0 heterocycles. The van der Waals surface area contributed by atoms with Gasteiger partial charge >= 0.3 is 5.97 Å². The predicted octanol–water partition coefficient (Wildman–Crippen LogP) is 3.82.